The van der Waals surface area contributed by atoms with E-state index in [0.29, 0.717) is 0 Å². The topological polar surface area (TPSA) is 98.3 Å². The third kappa shape index (κ3) is 1.63. The Labute approximate surface area is 72.7 Å². The van der Waals surface area contributed by atoms with Crippen molar-refractivity contribution in [3.8, 4) is 0 Å². The second-order valence-corrected chi connectivity index (χ2v) is 2.27. The minimum absolute atomic E-state index is 0.267. The van der Waals surface area contributed by atoms with E-state index in [-0.39, 0.29) is 18.1 Å². The Morgan fingerprint density at radius 3 is 2.77 bits per heavy atom. The number of hydrogen-bond donors (Lipinski definition) is 1. The van der Waals surface area contributed by atoms with Crippen molar-refractivity contribution in [1.29, 1.82) is 0 Å². The molecule has 0 saturated heterocycles. The van der Waals surface area contributed by atoms with Crippen molar-refractivity contribution in [3.63, 3.8) is 0 Å². The van der Waals surface area contributed by atoms with Gasteiger partial charge in [0.15, 0.2) is 5.69 Å². The van der Waals surface area contributed by atoms with Crippen molar-refractivity contribution >= 4 is 11.8 Å². The van der Waals surface area contributed by atoms with Gasteiger partial charge in [0.05, 0.1) is 6.07 Å². The van der Waals surface area contributed by atoms with Gasteiger partial charge in [-0.1, -0.05) is 5.10 Å². The molecule has 1 heterocycles. The van der Waals surface area contributed by atoms with Crippen LogP contribution in [0.1, 0.15) is 17.4 Å². The van der Waals surface area contributed by atoms with E-state index < -0.39 is 10.9 Å². The first kappa shape index (κ1) is 9.17. The number of aryl methyl sites for hydroxylation is 1. The lowest BCUT2D eigenvalue weighted by Gasteiger charge is -1.92. The van der Waals surface area contributed by atoms with Crippen LogP contribution in [0.3, 0.4) is 0 Å². The largest absolute Gasteiger partial charge is 0.476 e. The number of carboxylic acid groups (broad SMARTS) is 1. The molecule has 0 aliphatic carbocycles. The summed E-state index contributed by atoms with van der Waals surface area (Å²) >= 11 is 0. The fourth-order valence-electron chi connectivity index (χ4n) is 0.891. The fourth-order valence-corrected chi connectivity index (χ4v) is 0.891. The first-order chi connectivity index (χ1) is 6.06. The summed E-state index contributed by atoms with van der Waals surface area (Å²) in [6.07, 6.45) is 0. The van der Waals surface area contributed by atoms with Crippen LogP contribution in [0.4, 0.5) is 5.82 Å². The van der Waals surface area contributed by atoms with Crippen LogP contribution in [0.15, 0.2) is 6.07 Å². The van der Waals surface area contributed by atoms with Crippen molar-refractivity contribution in [1.82, 2.24) is 9.78 Å². The lowest BCUT2D eigenvalue weighted by molar-refractivity contribution is -0.392. The maximum atomic E-state index is 10.4. The highest BCUT2D eigenvalue weighted by atomic mass is 16.6. The molecule has 0 aliphatic rings. The molecule has 0 spiro atoms. The lowest BCUT2D eigenvalue weighted by Crippen LogP contribution is -2.03. The number of carbonyl (C=O) groups is 1. The van der Waals surface area contributed by atoms with Gasteiger partial charge in [0.1, 0.15) is 6.54 Å². The molecule has 1 rings (SSSR count). The zero-order valence-electron chi connectivity index (χ0n) is 6.80. The summed E-state index contributed by atoms with van der Waals surface area (Å²) < 4.78 is 1.03. The van der Waals surface area contributed by atoms with Crippen LogP contribution in [0.25, 0.3) is 0 Å². The maximum Gasteiger partial charge on any atom is 0.358 e. The van der Waals surface area contributed by atoms with Gasteiger partial charge < -0.3 is 15.2 Å². The van der Waals surface area contributed by atoms with Crippen molar-refractivity contribution in [3.05, 3.63) is 21.9 Å². The van der Waals surface area contributed by atoms with Gasteiger partial charge in [0.2, 0.25) is 0 Å². The van der Waals surface area contributed by atoms with Crippen molar-refractivity contribution in [2.45, 2.75) is 13.5 Å². The summed E-state index contributed by atoms with van der Waals surface area (Å²) in [5.41, 5.74) is -0.312. The third-order valence-electron chi connectivity index (χ3n) is 1.46. The van der Waals surface area contributed by atoms with E-state index in [1.807, 2.05) is 0 Å². The summed E-state index contributed by atoms with van der Waals surface area (Å²) in [5.74, 6) is -1.57. The molecule has 0 aliphatic heterocycles. The van der Waals surface area contributed by atoms with Gasteiger partial charge in [-0.3, -0.25) is 0 Å². The number of aromatic nitrogens is 2. The molecule has 0 radical (unpaired) electrons. The van der Waals surface area contributed by atoms with E-state index in [9.17, 15) is 14.9 Å². The zero-order valence-corrected chi connectivity index (χ0v) is 6.80. The minimum Gasteiger partial charge on any atom is -0.476 e. The summed E-state index contributed by atoms with van der Waals surface area (Å²) in [6, 6.07) is 0.936. The second kappa shape index (κ2) is 3.21. The van der Waals surface area contributed by atoms with E-state index in [1.54, 1.807) is 6.92 Å². The number of nitrogens with zero attached hydrogens (tertiary/aromatic N) is 3. The number of hydrogen-bond acceptors (Lipinski definition) is 4. The first-order valence-electron chi connectivity index (χ1n) is 3.51. The molecule has 7 nitrogen and oxygen atoms in total. The Balaban J connectivity index is 3.19. The minimum atomic E-state index is -1.27. The van der Waals surface area contributed by atoms with Gasteiger partial charge >= 0.3 is 11.8 Å². The first-order valence-corrected chi connectivity index (χ1v) is 3.51. The van der Waals surface area contributed by atoms with Crippen LogP contribution >= 0.6 is 0 Å². The molecule has 0 amide bonds. The van der Waals surface area contributed by atoms with Crippen LogP contribution < -0.4 is 0 Å². The molecule has 0 aromatic carbocycles. The SMILES string of the molecule is CCn1nc(C(=O)O)cc1[N+](=O)[O-]. The predicted octanol–water partition coefficient (Wildman–Crippen LogP) is 0.509. The third-order valence-corrected chi connectivity index (χ3v) is 1.46. The van der Waals surface area contributed by atoms with Crippen molar-refractivity contribution < 1.29 is 14.8 Å². The van der Waals surface area contributed by atoms with Crippen LogP contribution in [0.5, 0.6) is 0 Å². The van der Waals surface area contributed by atoms with Gasteiger partial charge in [-0.15, -0.1) is 4.68 Å². The van der Waals surface area contributed by atoms with Gasteiger partial charge in [0, 0.05) is 0 Å². The molecule has 0 unspecified atom stereocenters. The van der Waals surface area contributed by atoms with Crippen molar-refractivity contribution in [2.75, 3.05) is 0 Å². The highest BCUT2D eigenvalue weighted by Crippen LogP contribution is 2.12. The monoisotopic (exact) mass is 185 g/mol. The molecular weight excluding hydrogens is 178 g/mol. The summed E-state index contributed by atoms with van der Waals surface area (Å²) in [6.45, 7) is 1.91. The van der Waals surface area contributed by atoms with Crippen LogP contribution in [-0.4, -0.2) is 25.8 Å². The van der Waals surface area contributed by atoms with Gasteiger partial charge in [0.25, 0.3) is 0 Å². The van der Waals surface area contributed by atoms with E-state index >= 15 is 0 Å². The highest BCUT2D eigenvalue weighted by molar-refractivity contribution is 5.85. The summed E-state index contributed by atoms with van der Waals surface area (Å²) in [5, 5.41) is 22.4. The van der Waals surface area contributed by atoms with Crippen LogP contribution in [-0.2, 0) is 6.54 Å². The maximum absolute atomic E-state index is 10.4. The Bertz CT molecular complexity index is 357. The molecule has 0 bridgehead atoms. The Morgan fingerprint density at radius 1 is 1.85 bits per heavy atom. The van der Waals surface area contributed by atoms with E-state index in [1.165, 1.54) is 0 Å². The molecule has 0 fully saturated rings. The van der Waals surface area contributed by atoms with Crippen LogP contribution in [0, 0.1) is 10.1 Å². The predicted molar refractivity (Wildman–Crippen MR) is 41.5 cm³/mol. The second-order valence-electron chi connectivity index (χ2n) is 2.27. The Hall–Kier alpha value is -1.92. The summed E-state index contributed by atoms with van der Waals surface area (Å²) in [7, 11) is 0. The van der Waals surface area contributed by atoms with Crippen molar-refractivity contribution in [2.24, 2.45) is 0 Å². The Morgan fingerprint density at radius 2 is 2.46 bits per heavy atom. The zero-order chi connectivity index (χ0) is 10.0. The molecule has 13 heavy (non-hydrogen) atoms. The van der Waals surface area contributed by atoms with Gasteiger partial charge in [-0.05, 0) is 11.8 Å². The van der Waals surface area contributed by atoms with E-state index in [0.717, 1.165) is 10.7 Å². The number of carboxylic acids is 1. The quantitative estimate of drug-likeness (QED) is 0.546. The molecule has 1 aromatic rings. The molecule has 1 aromatic heterocycles. The molecule has 70 valence electrons. The molecular formula is C6H7N3O4. The standard InChI is InChI=1S/C6H7N3O4/c1-2-8-5(9(12)13)3-4(7-8)6(10)11/h3H,2H2,1H3,(H,10,11). The smallest absolute Gasteiger partial charge is 0.358 e. The number of nitro groups is 1. The fraction of sp³-hybridized carbons (Fsp3) is 0.333. The average Bonchev–Trinajstić information content (AvgIpc) is 2.47. The molecule has 1 N–H and O–H groups in total. The Kier molecular flexibility index (Phi) is 2.27. The van der Waals surface area contributed by atoms with Gasteiger partial charge in [-0.2, -0.15) is 0 Å². The van der Waals surface area contributed by atoms with Gasteiger partial charge in [-0.25, -0.2) is 4.79 Å². The molecule has 0 atom stereocenters. The average molecular weight is 185 g/mol. The highest BCUT2D eigenvalue weighted by Gasteiger charge is 2.20. The van der Waals surface area contributed by atoms with E-state index in [2.05, 4.69) is 5.10 Å². The summed E-state index contributed by atoms with van der Waals surface area (Å²) in [4.78, 5) is 20.1. The number of rotatable bonds is 3. The molecule has 7 heteroatoms. The molecule has 0 saturated carbocycles. The van der Waals surface area contributed by atoms with Crippen LogP contribution in [0.2, 0.25) is 0 Å². The lowest BCUT2D eigenvalue weighted by atomic mass is 10.4. The number of aromatic carboxylic acids is 1. The normalized spacial score (nSPS) is 9.92. The van der Waals surface area contributed by atoms with E-state index in [4.69, 9.17) is 5.11 Å².